The third-order valence-corrected chi connectivity index (χ3v) is 7.07. The van der Waals surface area contributed by atoms with Gasteiger partial charge in [0.05, 0.1) is 24.4 Å². The number of benzene rings is 3. The highest BCUT2D eigenvalue weighted by Gasteiger charge is 2.30. The predicted molar refractivity (Wildman–Crippen MR) is 161 cm³/mol. The van der Waals surface area contributed by atoms with Crippen molar-refractivity contribution in [2.45, 2.75) is 33.6 Å². The Bertz CT molecular complexity index is 1630. The van der Waals surface area contributed by atoms with E-state index in [1.54, 1.807) is 48.2 Å². The summed E-state index contributed by atoms with van der Waals surface area (Å²) in [4.78, 5) is 41.2. The van der Waals surface area contributed by atoms with E-state index in [0.29, 0.717) is 48.8 Å². The average molecular weight is 567 g/mol. The lowest BCUT2D eigenvalue weighted by molar-refractivity contribution is -0.149. The van der Waals surface area contributed by atoms with Gasteiger partial charge in [-0.25, -0.2) is 0 Å². The average Bonchev–Trinajstić information content (AvgIpc) is 2.99. The molecule has 1 fully saturated rings. The number of esters is 1. The Balaban J connectivity index is 1.46. The van der Waals surface area contributed by atoms with Crippen molar-refractivity contribution in [2.24, 2.45) is 5.92 Å². The summed E-state index contributed by atoms with van der Waals surface area (Å²) in [5, 5.41) is 7.57. The van der Waals surface area contributed by atoms with E-state index in [1.807, 2.05) is 50.2 Å². The van der Waals surface area contributed by atoms with Crippen LogP contribution in [0.25, 0.3) is 5.69 Å². The van der Waals surface area contributed by atoms with Gasteiger partial charge < -0.3 is 19.7 Å². The van der Waals surface area contributed by atoms with Crippen LogP contribution in [0.4, 0.5) is 11.4 Å². The molecule has 0 spiro atoms. The number of para-hydroxylation sites is 1. The van der Waals surface area contributed by atoms with Gasteiger partial charge in [-0.05, 0) is 87.2 Å². The van der Waals surface area contributed by atoms with Crippen LogP contribution < -0.4 is 15.6 Å². The van der Waals surface area contributed by atoms with E-state index in [9.17, 15) is 14.4 Å². The van der Waals surface area contributed by atoms with E-state index in [-0.39, 0.29) is 29.2 Å². The number of carbonyl (C=O) groups is 2. The van der Waals surface area contributed by atoms with Gasteiger partial charge in [-0.1, -0.05) is 30.3 Å². The van der Waals surface area contributed by atoms with Crippen molar-refractivity contribution in [3.05, 3.63) is 106 Å². The van der Waals surface area contributed by atoms with Gasteiger partial charge in [0, 0.05) is 24.3 Å². The third-order valence-electron chi connectivity index (χ3n) is 7.07. The molecule has 1 aromatic heterocycles. The molecular formula is C33H34N4O5. The zero-order valence-electron chi connectivity index (χ0n) is 24.0. The largest absolute Gasteiger partial charge is 0.466 e. The topological polar surface area (TPSA) is 103 Å². The van der Waals surface area contributed by atoms with Crippen LogP contribution in [0, 0.1) is 19.8 Å². The molecule has 0 aliphatic carbocycles. The van der Waals surface area contributed by atoms with Crippen molar-refractivity contribution in [3.8, 4) is 17.2 Å². The fraction of sp³-hybridized carbons (Fsp3) is 0.273. The van der Waals surface area contributed by atoms with Crippen molar-refractivity contribution < 1.29 is 19.1 Å². The van der Waals surface area contributed by atoms with Crippen LogP contribution in [0.2, 0.25) is 0 Å². The molecule has 0 saturated carbocycles. The van der Waals surface area contributed by atoms with Crippen LogP contribution in [-0.4, -0.2) is 46.3 Å². The molecule has 4 aromatic rings. The number of hydrogen-bond donors (Lipinski definition) is 1. The maximum atomic E-state index is 13.8. The number of hydrogen-bond acceptors (Lipinski definition) is 7. The minimum Gasteiger partial charge on any atom is -0.466 e. The van der Waals surface area contributed by atoms with Crippen molar-refractivity contribution in [1.82, 2.24) is 14.7 Å². The van der Waals surface area contributed by atoms with E-state index < -0.39 is 5.56 Å². The van der Waals surface area contributed by atoms with Gasteiger partial charge in [-0.2, -0.15) is 9.78 Å². The van der Waals surface area contributed by atoms with E-state index in [4.69, 9.17) is 9.47 Å². The third kappa shape index (κ3) is 6.52. The molecule has 3 aromatic carbocycles. The van der Waals surface area contributed by atoms with Crippen LogP contribution in [0.15, 0.2) is 83.8 Å². The molecule has 0 unspecified atom stereocenters. The summed E-state index contributed by atoms with van der Waals surface area (Å²) in [6.45, 7) is 6.92. The Morgan fingerprint density at radius 3 is 2.50 bits per heavy atom. The minimum absolute atomic E-state index is 0.179. The van der Waals surface area contributed by atoms with Gasteiger partial charge in [0.2, 0.25) is 0 Å². The summed E-state index contributed by atoms with van der Waals surface area (Å²) < 4.78 is 12.7. The van der Waals surface area contributed by atoms with E-state index >= 15 is 0 Å². The van der Waals surface area contributed by atoms with Gasteiger partial charge in [-0.15, -0.1) is 0 Å². The fourth-order valence-corrected chi connectivity index (χ4v) is 5.17. The van der Waals surface area contributed by atoms with Gasteiger partial charge in [-0.3, -0.25) is 14.4 Å². The predicted octanol–water partition coefficient (Wildman–Crippen LogP) is 5.80. The number of aromatic nitrogens is 2. The first kappa shape index (κ1) is 28.6. The summed E-state index contributed by atoms with van der Waals surface area (Å²) >= 11 is 0. The van der Waals surface area contributed by atoms with Crippen molar-refractivity contribution >= 4 is 23.3 Å². The molecule has 1 aliphatic rings. The number of piperidine rings is 1. The quantitative estimate of drug-likeness (QED) is 0.269. The van der Waals surface area contributed by atoms with Crippen LogP contribution in [0.1, 0.15) is 41.3 Å². The van der Waals surface area contributed by atoms with Crippen molar-refractivity contribution in [2.75, 3.05) is 25.0 Å². The lowest BCUT2D eigenvalue weighted by atomic mass is 9.97. The first-order chi connectivity index (χ1) is 20.3. The summed E-state index contributed by atoms with van der Waals surface area (Å²) in [6, 6.07) is 21.9. The normalized spacial score (nSPS) is 14.7. The minimum atomic E-state index is -0.409. The number of anilines is 2. The Labute approximate surface area is 244 Å². The number of nitrogens with zero attached hydrogens (tertiary/aromatic N) is 3. The van der Waals surface area contributed by atoms with Crippen molar-refractivity contribution in [3.63, 3.8) is 0 Å². The highest BCUT2D eigenvalue weighted by atomic mass is 16.5. The first-order valence-electron chi connectivity index (χ1n) is 14.1. The first-order valence-corrected chi connectivity index (χ1v) is 14.1. The fourth-order valence-electron chi connectivity index (χ4n) is 5.17. The molecule has 9 heteroatoms. The van der Waals surface area contributed by atoms with Gasteiger partial charge in [0.1, 0.15) is 5.75 Å². The van der Waals surface area contributed by atoms with Gasteiger partial charge >= 0.3 is 5.97 Å². The summed E-state index contributed by atoms with van der Waals surface area (Å²) in [5.74, 6) is 0.0497. The van der Waals surface area contributed by atoms with Crippen molar-refractivity contribution in [1.29, 1.82) is 0 Å². The molecule has 1 aliphatic heterocycles. The molecule has 0 radical (unpaired) electrons. The van der Waals surface area contributed by atoms with Gasteiger partial charge in [0.15, 0.2) is 11.4 Å². The molecule has 0 bridgehead atoms. The number of likely N-dealkylation sites (tertiary alicyclic amines) is 1. The molecule has 5 rings (SSSR count). The second-order valence-electron chi connectivity index (χ2n) is 10.4. The molecule has 1 atom stereocenters. The smallest absolute Gasteiger partial charge is 0.310 e. The Kier molecular flexibility index (Phi) is 8.66. The number of rotatable bonds is 8. The Morgan fingerprint density at radius 1 is 1.00 bits per heavy atom. The van der Waals surface area contributed by atoms with Crippen LogP contribution in [0.3, 0.4) is 0 Å². The highest BCUT2D eigenvalue weighted by Crippen LogP contribution is 2.30. The molecule has 216 valence electrons. The highest BCUT2D eigenvalue weighted by molar-refractivity contribution is 5.95. The molecular weight excluding hydrogens is 532 g/mol. The molecule has 1 N–H and O–H groups in total. The Morgan fingerprint density at radius 2 is 1.76 bits per heavy atom. The zero-order valence-corrected chi connectivity index (χ0v) is 24.0. The molecule has 42 heavy (non-hydrogen) atoms. The van der Waals surface area contributed by atoms with E-state index in [2.05, 4.69) is 10.4 Å². The molecule has 9 nitrogen and oxygen atoms in total. The number of ether oxygens (including phenoxy) is 2. The number of carbonyl (C=O) groups excluding carboxylic acids is 2. The standard InChI is InChI=1S/C33H34N4O5/c1-4-41-33(40)25-11-9-15-36(21-25)31(38)24-10-8-12-26(19-24)35-30-29(42-28-17-22(2)16-23(3)18-28)20-34-37(32(30)39)27-13-6-5-7-14-27/h5-8,10,12-14,16-20,25,35H,4,9,11,15,21H2,1-3H3/t25-/m0/s1. The second kappa shape index (κ2) is 12.7. The SMILES string of the molecule is CCOC(=O)[C@H]1CCCN(C(=O)c2cccc(Nc3c(Oc4cc(C)cc(C)c4)cnn(-c4ccccc4)c3=O)c2)C1. The summed E-state index contributed by atoms with van der Waals surface area (Å²) in [7, 11) is 0. The van der Waals surface area contributed by atoms with E-state index in [0.717, 1.165) is 17.5 Å². The van der Waals surface area contributed by atoms with E-state index in [1.165, 1.54) is 10.9 Å². The Hall–Kier alpha value is -4.92. The summed E-state index contributed by atoms with van der Waals surface area (Å²) in [5.41, 5.74) is 3.41. The molecule has 2 heterocycles. The zero-order chi connectivity index (χ0) is 29.6. The van der Waals surface area contributed by atoms with Crippen LogP contribution in [-0.2, 0) is 9.53 Å². The molecule has 1 amide bonds. The maximum absolute atomic E-state index is 13.8. The maximum Gasteiger partial charge on any atom is 0.310 e. The second-order valence-corrected chi connectivity index (χ2v) is 10.4. The number of amides is 1. The van der Waals surface area contributed by atoms with Crippen LogP contribution >= 0.6 is 0 Å². The monoisotopic (exact) mass is 566 g/mol. The lowest BCUT2D eigenvalue weighted by Crippen LogP contribution is -2.42. The summed E-state index contributed by atoms with van der Waals surface area (Å²) in [6.07, 6.45) is 2.93. The lowest BCUT2D eigenvalue weighted by Gasteiger charge is -2.31. The van der Waals surface area contributed by atoms with Gasteiger partial charge in [0.25, 0.3) is 11.5 Å². The number of aryl methyl sites for hydroxylation is 2. The van der Waals surface area contributed by atoms with Crippen LogP contribution in [0.5, 0.6) is 11.5 Å². The number of nitrogens with one attached hydrogen (secondary N) is 1. The molecule has 1 saturated heterocycles.